The van der Waals surface area contributed by atoms with E-state index < -0.39 is 40.2 Å². The molecule has 2 aromatic rings. The van der Waals surface area contributed by atoms with Crippen molar-refractivity contribution in [2.75, 3.05) is 6.61 Å². The van der Waals surface area contributed by atoms with Crippen LogP contribution < -0.4 is 4.72 Å². The van der Waals surface area contributed by atoms with Crippen LogP contribution in [0.1, 0.15) is 36.2 Å². The SMILES string of the molecule is Cc1ccc(S(=O)(=O)N[C@H](CC(C)C)C(=O)OCC(=O)c2ccc(F)cc2)cc1. The van der Waals surface area contributed by atoms with Gasteiger partial charge in [0.2, 0.25) is 10.0 Å². The average molecular weight is 421 g/mol. The molecule has 0 bridgehead atoms. The molecule has 0 heterocycles. The van der Waals surface area contributed by atoms with Crippen molar-refractivity contribution in [1.29, 1.82) is 0 Å². The Labute approximate surface area is 170 Å². The van der Waals surface area contributed by atoms with Crippen LogP contribution in [0.15, 0.2) is 53.4 Å². The van der Waals surface area contributed by atoms with Crippen molar-refractivity contribution in [2.45, 2.75) is 38.1 Å². The monoisotopic (exact) mass is 421 g/mol. The third-order valence-corrected chi connectivity index (χ3v) is 5.62. The van der Waals surface area contributed by atoms with Crippen LogP contribution in [0.3, 0.4) is 0 Å². The number of benzene rings is 2. The molecule has 156 valence electrons. The van der Waals surface area contributed by atoms with Gasteiger partial charge in [-0.3, -0.25) is 9.59 Å². The summed E-state index contributed by atoms with van der Waals surface area (Å²) in [5.74, 6) is -1.84. The van der Waals surface area contributed by atoms with Gasteiger partial charge in [0.05, 0.1) is 4.90 Å². The summed E-state index contributed by atoms with van der Waals surface area (Å²) in [6, 6.07) is 9.92. The Morgan fingerprint density at radius 3 is 2.17 bits per heavy atom. The van der Waals surface area contributed by atoms with E-state index in [4.69, 9.17) is 4.74 Å². The van der Waals surface area contributed by atoms with Crippen molar-refractivity contribution in [3.05, 3.63) is 65.5 Å². The predicted octanol–water partition coefficient (Wildman–Crippen LogP) is 3.25. The maximum Gasteiger partial charge on any atom is 0.324 e. The van der Waals surface area contributed by atoms with Gasteiger partial charge in [0.15, 0.2) is 12.4 Å². The van der Waals surface area contributed by atoms with Crippen LogP contribution in [0.5, 0.6) is 0 Å². The van der Waals surface area contributed by atoms with Gasteiger partial charge in [-0.05, 0) is 55.7 Å². The Bertz CT molecular complexity index is 954. The van der Waals surface area contributed by atoms with Gasteiger partial charge in [0.1, 0.15) is 11.9 Å². The van der Waals surface area contributed by atoms with E-state index in [0.29, 0.717) is 0 Å². The van der Waals surface area contributed by atoms with Crippen molar-refractivity contribution in [1.82, 2.24) is 4.72 Å². The zero-order valence-electron chi connectivity index (χ0n) is 16.5. The van der Waals surface area contributed by atoms with Gasteiger partial charge in [-0.2, -0.15) is 4.72 Å². The molecule has 0 radical (unpaired) electrons. The summed E-state index contributed by atoms with van der Waals surface area (Å²) in [5, 5.41) is 0. The fraction of sp³-hybridized carbons (Fsp3) is 0.333. The van der Waals surface area contributed by atoms with E-state index in [0.717, 1.165) is 17.7 Å². The van der Waals surface area contributed by atoms with E-state index in [9.17, 15) is 22.4 Å². The minimum absolute atomic E-state index is 0.000989. The molecule has 0 unspecified atom stereocenters. The molecule has 2 rings (SSSR count). The van der Waals surface area contributed by atoms with E-state index in [-0.39, 0.29) is 22.8 Å². The van der Waals surface area contributed by atoms with Crippen molar-refractivity contribution < 1.29 is 27.1 Å². The maximum absolute atomic E-state index is 12.9. The molecule has 1 N–H and O–H groups in total. The van der Waals surface area contributed by atoms with E-state index in [1.165, 1.54) is 24.3 Å². The fourth-order valence-corrected chi connectivity index (χ4v) is 3.79. The Kier molecular flexibility index (Phi) is 7.64. The van der Waals surface area contributed by atoms with Crippen LogP contribution >= 0.6 is 0 Å². The number of carbonyl (C=O) groups excluding carboxylic acids is 2. The first-order chi connectivity index (χ1) is 13.6. The lowest BCUT2D eigenvalue weighted by Gasteiger charge is -2.19. The lowest BCUT2D eigenvalue weighted by molar-refractivity contribution is -0.144. The van der Waals surface area contributed by atoms with E-state index in [1.807, 2.05) is 20.8 Å². The molecule has 0 aromatic heterocycles. The highest BCUT2D eigenvalue weighted by Crippen LogP contribution is 2.14. The Balaban J connectivity index is 2.08. The zero-order chi connectivity index (χ0) is 21.6. The van der Waals surface area contributed by atoms with Gasteiger partial charge in [-0.25, -0.2) is 12.8 Å². The number of rotatable bonds is 9. The summed E-state index contributed by atoms with van der Waals surface area (Å²) in [6.45, 7) is 4.94. The van der Waals surface area contributed by atoms with Crippen molar-refractivity contribution in [3.63, 3.8) is 0 Å². The van der Waals surface area contributed by atoms with Gasteiger partial charge in [0, 0.05) is 5.56 Å². The van der Waals surface area contributed by atoms with E-state index >= 15 is 0 Å². The number of aryl methyl sites for hydroxylation is 1. The first-order valence-corrected chi connectivity index (χ1v) is 10.6. The first-order valence-electron chi connectivity index (χ1n) is 9.13. The number of ketones is 1. The molecule has 0 saturated heterocycles. The number of carbonyl (C=O) groups is 2. The molecular weight excluding hydrogens is 397 g/mol. The topological polar surface area (TPSA) is 89.5 Å². The summed E-state index contributed by atoms with van der Waals surface area (Å²) in [7, 11) is -3.94. The summed E-state index contributed by atoms with van der Waals surface area (Å²) in [6.07, 6.45) is 0.203. The second-order valence-corrected chi connectivity index (χ2v) is 8.87. The number of esters is 1. The quantitative estimate of drug-likeness (QED) is 0.496. The third kappa shape index (κ3) is 6.76. The highest BCUT2D eigenvalue weighted by atomic mass is 32.2. The number of hydrogen-bond donors (Lipinski definition) is 1. The van der Waals surface area contributed by atoms with Gasteiger partial charge < -0.3 is 4.74 Å². The summed E-state index contributed by atoms with van der Waals surface area (Å²) in [4.78, 5) is 24.6. The van der Waals surface area contributed by atoms with Gasteiger partial charge >= 0.3 is 5.97 Å². The smallest absolute Gasteiger partial charge is 0.324 e. The van der Waals surface area contributed by atoms with Crippen LogP contribution in [0, 0.1) is 18.7 Å². The van der Waals surface area contributed by atoms with Crippen LogP contribution in [-0.2, 0) is 19.6 Å². The normalized spacial score (nSPS) is 12.6. The molecule has 0 saturated carbocycles. The van der Waals surface area contributed by atoms with Gasteiger partial charge in [0.25, 0.3) is 0 Å². The number of halogens is 1. The summed E-state index contributed by atoms with van der Waals surface area (Å²) >= 11 is 0. The highest BCUT2D eigenvalue weighted by Gasteiger charge is 2.28. The van der Waals surface area contributed by atoms with Crippen LogP contribution in [0.4, 0.5) is 4.39 Å². The maximum atomic E-state index is 12.9. The standard InChI is InChI=1S/C21H24FNO5S/c1-14(2)12-19(23-29(26,27)18-10-4-15(3)5-11-18)21(25)28-13-20(24)16-6-8-17(22)9-7-16/h4-11,14,19,23H,12-13H2,1-3H3/t19-/m1/s1. The fourth-order valence-electron chi connectivity index (χ4n) is 2.59. The molecule has 0 spiro atoms. The summed E-state index contributed by atoms with van der Waals surface area (Å²) in [5.41, 5.74) is 1.10. The number of ether oxygens (including phenoxy) is 1. The lowest BCUT2D eigenvalue weighted by atomic mass is 10.0. The molecular formula is C21H24FNO5S. The largest absolute Gasteiger partial charge is 0.456 e. The molecule has 29 heavy (non-hydrogen) atoms. The van der Waals surface area contributed by atoms with E-state index in [2.05, 4.69) is 4.72 Å². The van der Waals surface area contributed by atoms with Crippen LogP contribution in [0.2, 0.25) is 0 Å². The van der Waals surface area contributed by atoms with Crippen LogP contribution in [0.25, 0.3) is 0 Å². The second kappa shape index (κ2) is 9.76. The van der Waals surface area contributed by atoms with Crippen molar-refractivity contribution in [3.8, 4) is 0 Å². The minimum atomic E-state index is -3.94. The number of hydrogen-bond acceptors (Lipinski definition) is 5. The van der Waals surface area contributed by atoms with Gasteiger partial charge in [-0.15, -0.1) is 0 Å². The molecule has 0 aliphatic rings. The van der Waals surface area contributed by atoms with Gasteiger partial charge in [-0.1, -0.05) is 31.5 Å². The predicted molar refractivity (Wildman–Crippen MR) is 106 cm³/mol. The highest BCUT2D eigenvalue weighted by molar-refractivity contribution is 7.89. The molecule has 0 amide bonds. The molecule has 6 nitrogen and oxygen atoms in total. The molecule has 8 heteroatoms. The third-order valence-electron chi connectivity index (χ3n) is 4.13. The van der Waals surface area contributed by atoms with Crippen molar-refractivity contribution >= 4 is 21.8 Å². The number of nitrogens with one attached hydrogen (secondary N) is 1. The number of sulfonamides is 1. The second-order valence-electron chi connectivity index (χ2n) is 7.15. The number of Topliss-reactive ketones (excluding diaryl/α,β-unsaturated/α-hetero) is 1. The zero-order valence-corrected chi connectivity index (χ0v) is 17.3. The Hall–Kier alpha value is -2.58. The average Bonchev–Trinajstić information content (AvgIpc) is 2.65. The summed E-state index contributed by atoms with van der Waals surface area (Å²) < 4.78 is 45.6. The molecule has 1 atom stereocenters. The van der Waals surface area contributed by atoms with E-state index in [1.54, 1.807) is 12.1 Å². The van der Waals surface area contributed by atoms with Crippen molar-refractivity contribution in [2.24, 2.45) is 5.92 Å². The Morgan fingerprint density at radius 1 is 1.03 bits per heavy atom. The van der Waals surface area contributed by atoms with Crippen LogP contribution in [-0.4, -0.2) is 32.8 Å². The molecule has 0 fully saturated rings. The minimum Gasteiger partial charge on any atom is -0.456 e. The molecule has 0 aliphatic heterocycles. The lowest BCUT2D eigenvalue weighted by Crippen LogP contribution is -2.43. The molecule has 2 aromatic carbocycles. The molecule has 0 aliphatic carbocycles. The first kappa shape index (κ1) is 22.7. The Morgan fingerprint density at radius 2 is 1.62 bits per heavy atom.